The minimum atomic E-state index is -1.91. The summed E-state index contributed by atoms with van der Waals surface area (Å²) in [5.74, 6) is 2.69. The van der Waals surface area contributed by atoms with Crippen molar-refractivity contribution in [3.8, 4) is 22.4 Å². The molecule has 0 bridgehead atoms. The Morgan fingerprint density at radius 3 is 2.09 bits per heavy atom. The number of benzene rings is 3. The lowest BCUT2D eigenvalue weighted by molar-refractivity contribution is -0.161. The lowest BCUT2D eigenvalue weighted by Gasteiger charge is -2.21. The number of aromatic nitrogens is 1. The van der Waals surface area contributed by atoms with Crippen LogP contribution in [0.15, 0.2) is 84.9 Å². The number of anilines is 1. The molecular formula is C33H36FN3O6. The molecular weight excluding hydrogens is 553 g/mol. The first-order chi connectivity index (χ1) is 20.6. The molecule has 0 aliphatic carbocycles. The van der Waals surface area contributed by atoms with Gasteiger partial charge < -0.3 is 30.0 Å². The third-order valence-corrected chi connectivity index (χ3v) is 7.21. The average molecular weight is 590 g/mol. The van der Waals surface area contributed by atoms with E-state index in [1.54, 1.807) is 24.3 Å². The van der Waals surface area contributed by atoms with Gasteiger partial charge in [-0.05, 0) is 59.9 Å². The highest BCUT2D eigenvalue weighted by atomic mass is 19.1. The third kappa shape index (κ3) is 7.36. The number of carbonyl (C=O) groups is 2. The molecule has 9 nitrogen and oxygen atoms in total. The summed E-state index contributed by atoms with van der Waals surface area (Å²) in [6, 6.07) is 24.5. The Kier molecular flexibility index (Phi) is 10.4. The number of amides is 1. The van der Waals surface area contributed by atoms with Crippen LogP contribution in [0.4, 0.5) is 10.1 Å². The summed E-state index contributed by atoms with van der Waals surface area (Å²) < 4.78 is 16.0. The van der Waals surface area contributed by atoms with Crippen molar-refractivity contribution in [3.05, 3.63) is 102 Å². The minimum Gasteiger partial charge on any atom is -0.393 e. The normalized spacial score (nSPS) is 13.4. The van der Waals surface area contributed by atoms with Crippen LogP contribution in [0.2, 0.25) is 0 Å². The maximum Gasteiger partial charge on any atom is 0.356 e. The van der Waals surface area contributed by atoms with Gasteiger partial charge in [-0.3, -0.25) is 4.79 Å². The molecule has 1 amide bonds. The molecule has 1 unspecified atom stereocenters. The van der Waals surface area contributed by atoms with Crippen molar-refractivity contribution in [1.29, 1.82) is 0 Å². The van der Waals surface area contributed by atoms with E-state index >= 15 is 0 Å². The summed E-state index contributed by atoms with van der Waals surface area (Å²) in [6.45, 7) is 4.12. The Morgan fingerprint density at radius 1 is 0.907 bits per heavy atom. The Labute approximate surface area is 249 Å². The molecule has 4 rings (SSSR count). The minimum absolute atomic E-state index is 0.0953. The van der Waals surface area contributed by atoms with Crippen molar-refractivity contribution in [2.45, 2.75) is 57.5 Å². The van der Waals surface area contributed by atoms with Crippen LogP contribution in [-0.2, 0) is 16.2 Å². The first kappa shape index (κ1) is 31.6. The Hall–Kier alpha value is -4.35. The first-order valence-corrected chi connectivity index (χ1v) is 14.0. The number of nitrogens with zero attached hydrogens (tertiary/aromatic N) is 1. The van der Waals surface area contributed by atoms with Gasteiger partial charge in [0.05, 0.1) is 23.5 Å². The van der Waals surface area contributed by atoms with Crippen LogP contribution >= 0.6 is 0 Å². The second kappa shape index (κ2) is 14.2. The summed E-state index contributed by atoms with van der Waals surface area (Å²) in [4.78, 5) is 29.6. The van der Waals surface area contributed by atoms with Crippen molar-refractivity contribution in [3.63, 3.8) is 0 Å². The van der Waals surface area contributed by atoms with Gasteiger partial charge in [-0.15, -0.1) is 0 Å². The molecule has 6 N–H and O–H groups in total. The monoisotopic (exact) mass is 589 g/mol. The first-order valence-electron chi connectivity index (χ1n) is 14.0. The van der Waals surface area contributed by atoms with Gasteiger partial charge in [-0.2, -0.15) is 5.90 Å². The third-order valence-electron chi connectivity index (χ3n) is 7.21. The zero-order valence-corrected chi connectivity index (χ0v) is 24.0. The fourth-order valence-electron chi connectivity index (χ4n) is 5.24. The average Bonchev–Trinajstić information content (AvgIpc) is 3.36. The molecule has 0 radical (unpaired) electrons. The predicted molar refractivity (Wildman–Crippen MR) is 161 cm³/mol. The summed E-state index contributed by atoms with van der Waals surface area (Å²) in [7, 11) is 0. The van der Waals surface area contributed by atoms with Gasteiger partial charge in [-0.1, -0.05) is 62.4 Å². The number of hydrogen-bond acceptors (Lipinski definition) is 7. The highest BCUT2D eigenvalue weighted by molar-refractivity contribution is 6.12. The molecule has 226 valence electrons. The van der Waals surface area contributed by atoms with Crippen molar-refractivity contribution in [2.75, 3.05) is 5.32 Å². The molecule has 0 fully saturated rings. The van der Waals surface area contributed by atoms with Crippen LogP contribution < -0.4 is 11.2 Å². The zero-order valence-electron chi connectivity index (χ0n) is 24.0. The van der Waals surface area contributed by atoms with Crippen LogP contribution in [0.25, 0.3) is 22.4 Å². The second-order valence-electron chi connectivity index (χ2n) is 10.6. The second-order valence-corrected chi connectivity index (χ2v) is 10.6. The van der Waals surface area contributed by atoms with Crippen LogP contribution in [0.1, 0.15) is 48.7 Å². The largest absolute Gasteiger partial charge is 0.393 e. The summed E-state index contributed by atoms with van der Waals surface area (Å²) >= 11 is 0. The van der Waals surface area contributed by atoms with E-state index in [9.17, 15) is 29.3 Å². The van der Waals surface area contributed by atoms with E-state index in [1.807, 2.05) is 66.9 Å². The van der Waals surface area contributed by atoms with Gasteiger partial charge in [0.2, 0.25) is 0 Å². The maximum atomic E-state index is 14.1. The van der Waals surface area contributed by atoms with E-state index in [-0.39, 0.29) is 31.2 Å². The molecule has 0 aliphatic heterocycles. The highest BCUT2D eigenvalue weighted by Gasteiger charge is 2.32. The Bertz CT molecular complexity index is 1520. The number of aliphatic hydroxyl groups is 3. The summed E-state index contributed by atoms with van der Waals surface area (Å²) in [5.41, 5.74) is 4.52. The quantitative estimate of drug-likeness (QED) is 0.152. The van der Waals surface area contributed by atoms with E-state index in [2.05, 4.69) is 10.2 Å². The summed E-state index contributed by atoms with van der Waals surface area (Å²) in [6.07, 6.45) is -4.89. The molecule has 0 aliphatic rings. The fourth-order valence-corrected chi connectivity index (χ4v) is 5.24. The number of nitrogens with one attached hydrogen (secondary N) is 1. The van der Waals surface area contributed by atoms with Crippen LogP contribution in [0.3, 0.4) is 0 Å². The molecule has 1 aromatic heterocycles. The number of para-hydroxylation sites is 1. The van der Waals surface area contributed by atoms with Crippen LogP contribution in [0, 0.1) is 5.82 Å². The molecule has 0 saturated carbocycles. The molecule has 3 aromatic carbocycles. The van der Waals surface area contributed by atoms with Gasteiger partial charge in [0, 0.05) is 29.9 Å². The Balaban J connectivity index is 1.86. The number of nitrogens with two attached hydrogens (primary N) is 1. The SMILES string of the molecule is CC(C)c1c(C(=O)Nc2ccccc2)c(-c2ccccc2)c(-c2ccc(F)cc2)n1CC[C@H](O)C[C@H](O)C(O)C(=O)ON. The van der Waals surface area contributed by atoms with E-state index in [1.165, 1.54) is 12.1 Å². The maximum absolute atomic E-state index is 14.1. The lowest BCUT2D eigenvalue weighted by atomic mass is 9.94. The predicted octanol–water partition coefficient (Wildman–Crippen LogP) is 4.62. The molecule has 10 heteroatoms. The van der Waals surface area contributed by atoms with Gasteiger partial charge in [0.1, 0.15) is 5.82 Å². The van der Waals surface area contributed by atoms with Crippen molar-refractivity contribution in [2.24, 2.45) is 5.90 Å². The summed E-state index contributed by atoms with van der Waals surface area (Å²) in [5, 5.41) is 34.0. The lowest BCUT2D eigenvalue weighted by Crippen LogP contribution is -2.38. The van der Waals surface area contributed by atoms with Gasteiger partial charge in [-0.25, -0.2) is 9.18 Å². The number of halogens is 1. The standard InChI is InChI=1S/C33H36FN3O6/c1-20(2)29-28(32(41)36-24-11-7-4-8-12-24)27(21-9-5-3-6-10-21)30(22-13-15-23(34)16-14-22)37(29)18-17-25(38)19-26(39)31(40)33(42)43-35/h3-16,20,25-26,31,38-40H,17-19,35H2,1-2H3,(H,36,41)/t25-,26-,31?/m0/s1. The van der Waals surface area contributed by atoms with Crippen molar-refractivity contribution < 1.29 is 34.1 Å². The van der Waals surface area contributed by atoms with E-state index < -0.39 is 30.1 Å². The Morgan fingerprint density at radius 2 is 1.51 bits per heavy atom. The van der Waals surface area contributed by atoms with Gasteiger partial charge in [0.15, 0.2) is 6.10 Å². The van der Waals surface area contributed by atoms with Crippen molar-refractivity contribution >= 4 is 17.6 Å². The molecule has 4 aromatic rings. The fraction of sp³-hybridized carbons (Fsp3) is 0.273. The number of rotatable bonds is 12. The van der Waals surface area contributed by atoms with Gasteiger partial charge in [0.25, 0.3) is 5.91 Å². The molecule has 0 saturated heterocycles. The zero-order chi connectivity index (χ0) is 31.1. The molecule has 1 heterocycles. The van der Waals surface area contributed by atoms with Crippen molar-refractivity contribution in [1.82, 2.24) is 4.57 Å². The number of hydrogen-bond donors (Lipinski definition) is 5. The highest BCUT2D eigenvalue weighted by Crippen LogP contribution is 2.42. The molecule has 0 spiro atoms. The van der Waals surface area contributed by atoms with Crippen LogP contribution in [0.5, 0.6) is 0 Å². The smallest absolute Gasteiger partial charge is 0.356 e. The van der Waals surface area contributed by atoms with E-state index in [0.717, 1.165) is 5.56 Å². The van der Waals surface area contributed by atoms with Gasteiger partial charge >= 0.3 is 5.97 Å². The van der Waals surface area contributed by atoms with E-state index in [0.29, 0.717) is 33.8 Å². The van der Waals surface area contributed by atoms with Crippen LogP contribution in [-0.4, -0.2) is 50.1 Å². The number of aliphatic hydroxyl groups excluding tert-OH is 3. The number of carbonyl (C=O) groups excluding carboxylic acids is 2. The molecule has 3 atom stereocenters. The van der Waals surface area contributed by atoms with E-state index in [4.69, 9.17) is 5.90 Å². The topological polar surface area (TPSA) is 147 Å². The molecule has 43 heavy (non-hydrogen) atoms.